The molecule has 1 amide bonds. The fourth-order valence-electron chi connectivity index (χ4n) is 2.17. The van der Waals surface area contributed by atoms with E-state index in [0.29, 0.717) is 5.56 Å². The van der Waals surface area contributed by atoms with Crippen molar-refractivity contribution >= 4 is 11.8 Å². The first-order valence-electron chi connectivity index (χ1n) is 7.30. The van der Waals surface area contributed by atoms with Crippen LogP contribution in [0, 0.1) is 6.92 Å². The summed E-state index contributed by atoms with van der Waals surface area (Å²) >= 11 is 0. The second-order valence-electron chi connectivity index (χ2n) is 6.70. The molecule has 2 rings (SSSR count). The number of carbonyl (C=O) groups is 1. The topological polar surface area (TPSA) is 62.1 Å². The van der Waals surface area contributed by atoms with E-state index in [1.807, 2.05) is 6.92 Å². The van der Waals surface area contributed by atoms with Crippen LogP contribution in [0.25, 0.3) is 0 Å². The van der Waals surface area contributed by atoms with Crippen LogP contribution in [-0.4, -0.2) is 39.4 Å². The van der Waals surface area contributed by atoms with E-state index in [1.165, 1.54) is 20.8 Å². The van der Waals surface area contributed by atoms with E-state index in [-0.39, 0.29) is 10.7 Å². The molecule has 0 aromatic heterocycles. The summed E-state index contributed by atoms with van der Waals surface area (Å²) in [6.07, 6.45) is -7.30. The van der Waals surface area contributed by atoms with Gasteiger partial charge in [0.1, 0.15) is 5.60 Å². The van der Waals surface area contributed by atoms with Gasteiger partial charge in [0, 0.05) is 0 Å². The zero-order valence-corrected chi connectivity index (χ0v) is 13.8. The van der Waals surface area contributed by atoms with Gasteiger partial charge in [-0.15, -0.1) is 0 Å². The summed E-state index contributed by atoms with van der Waals surface area (Å²) < 4.78 is 45.0. The van der Waals surface area contributed by atoms with Crippen LogP contribution in [0.4, 0.5) is 18.0 Å². The van der Waals surface area contributed by atoms with E-state index in [2.05, 4.69) is 5.10 Å². The number of hydrazone groups is 1. The standard InChI is InChI=1S/C16H19F3N2O3/c1-10-5-7-11(8-6-10)12-9-15(23,16(17,18)19)21(20-12)13(22)24-14(2,3)4/h5-8,23H,9H2,1-4H3/t15-/m0/s1. The van der Waals surface area contributed by atoms with Gasteiger partial charge in [0.15, 0.2) is 0 Å². The van der Waals surface area contributed by atoms with Crippen LogP contribution in [0.1, 0.15) is 38.3 Å². The Bertz CT molecular complexity index is 663. The van der Waals surface area contributed by atoms with Crippen molar-refractivity contribution in [3.05, 3.63) is 35.4 Å². The third-order valence-electron chi connectivity index (χ3n) is 3.39. The molecule has 1 aliphatic rings. The number of alkyl halides is 3. The number of benzene rings is 1. The number of nitrogens with zero attached hydrogens (tertiary/aromatic N) is 2. The van der Waals surface area contributed by atoms with Crippen LogP contribution in [0.2, 0.25) is 0 Å². The first-order valence-corrected chi connectivity index (χ1v) is 7.30. The second-order valence-corrected chi connectivity index (χ2v) is 6.70. The van der Waals surface area contributed by atoms with Crippen LogP contribution in [0.15, 0.2) is 29.4 Å². The molecule has 24 heavy (non-hydrogen) atoms. The highest BCUT2D eigenvalue weighted by Crippen LogP contribution is 2.41. The van der Waals surface area contributed by atoms with Gasteiger partial charge in [-0.25, -0.2) is 4.79 Å². The van der Waals surface area contributed by atoms with Crippen molar-refractivity contribution in [2.24, 2.45) is 5.10 Å². The van der Waals surface area contributed by atoms with E-state index in [4.69, 9.17) is 4.74 Å². The van der Waals surface area contributed by atoms with Crippen molar-refractivity contribution in [1.82, 2.24) is 5.01 Å². The quantitative estimate of drug-likeness (QED) is 0.847. The summed E-state index contributed by atoms with van der Waals surface area (Å²) in [7, 11) is 0. The SMILES string of the molecule is Cc1ccc(C2=NN(C(=O)OC(C)(C)C)[C@@](O)(C(F)(F)F)C2)cc1. The molecule has 1 heterocycles. The molecular weight excluding hydrogens is 325 g/mol. The maximum absolute atomic E-state index is 13.4. The van der Waals surface area contributed by atoms with E-state index in [9.17, 15) is 23.1 Å². The van der Waals surface area contributed by atoms with Crippen molar-refractivity contribution in [1.29, 1.82) is 0 Å². The number of rotatable bonds is 1. The third kappa shape index (κ3) is 3.53. The van der Waals surface area contributed by atoms with Crippen LogP contribution in [-0.2, 0) is 4.74 Å². The maximum Gasteiger partial charge on any atom is 0.439 e. The van der Waals surface area contributed by atoms with Crippen molar-refractivity contribution in [3.63, 3.8) is 0 Å². The number of aryl methyl sites for hydroxylation is 1. The highest BCUT2D eigenvalue weighted by Gasteiger charge is 2.64. The van der Waals surface area contributed by atoms with Crippen LogP contribution < -0.4 is 0 Å². The highest BCUT2D eigenvalue weighted by molar-refractivity contribution is 6.03. The average Bonchev–Trinajstić information content (AvgIpc) is 2.76. The number of aliphatic hydroxyl groups is 1. The minimum absolute atomic E-state index is 0.0204. The summed E-state index contributed by atoms with van der Waals surface area (Å²) in [6, 6.07) is 6.59. The fourth-order valence-corrected chi connectivity index (χ4v) is 2.17. The molecule has 1 aromatic rings. The molecule has 1 aromatic carbocycles. The Labute approximate surface area is 137 Å². The first-order chi connectivity index (χ1) is 10.8. The molecule has 1 aliphatic heterocycles. The molecule has 1 N–H and O–H groups in total. The average molecular weight is 344 g/mol. The predicted octanol–water partition coefficient (Wildman–Crippen LogP) is 3.59. The van der Waals surface area contributed by atoms with E-state index in [0.717, 1.165) is 5.56 Å². The number of ether oxygens (including phenoxy) is 1. The molecule has 0 radical (unpaired) electrons. The van der Waals surface area contributed by atoms with E-state index < -0.39 is 30.0 Å². The van der Waals surface area contributed by atoms with Crippen LogP contribution in [0.3, 0.4) is 0 Å². The van der Waals surface area contributed by atoms with E-state index >= 15 is 0 Å². The molecule has 0 bridgehead atoms. The molecule has 0 spiro atoms. The Balaban J connectivity index is 2.41. The summed E-state index contributed by atoms with van der Waals surface area (Å²) in [5.41, 5.74) is -3.18. The lowest BCUT2D eigenvalue weighted by atomic mass is 10.0. The number of amides is 1. The summed E-state index contributed by atoms with van der Waals surface area (Å²) in [4.78, 5) is 12.1. The zero-order valence-electron chi connectivity index (χ0n) is 13.8. The molecule has 8 heteroatoms. The molecule has 132 valence electrons. The first kappa shape index (κ1) is 18.3. The number of carbonyl (C=O) groups excluding carboxylic acids is 1. The van der Waals surface area contributed by atoms with Gasteiger partial charge in [-0.2, -0.15) is 23.3 Å². The normalized spacial score (nSPS) is 21.7. The minimum atomic E-state index is -5.08. The molecule has 0 unspecified atom stereocenters. The van der Waals surface area contributed by atoms with Crippen molar-refractivity contribution in [2.45, 2.75) is 51.6 Å². The minimum Gasteiger partial charge on any atom is -0.442 e. The molecule has 1 atom stereocenters. The van der Waals surface area contributed by atoms with Gasteiger partial charge in [0.25, 0.3) is 5.72 Å². The Morgan fingerprint density at radius 1 is 1.25 bits per heavy atom. The zero-order chi connectivity index (χ0) is 18.3. The Morgan fingerprint density at radius 3 is 2.25 bits per heavy atom. The Morgan fingerprint density at radius 2 is 1.79 bits per heavy atom. The van der Waals surface area contributed by atoms with E-state index in [1.54, 1.807) is 24.3 Å². The molecule has 0 aliphatic carbocycles. The number of hydrogen-bond acceptors (Lipinski definition) is 4. The highest BCUT2D eigenvalue weighted by atomic mass is 19.4. The van der Waals surface area contributed by atoms with Crippen LogP contribution in [0.5, 0.6) is 0 Å². The second kappa shape index (κ2) is 5.77. The lowest BCUT2D eigenvalue weighted by molar-refractivity contribution is -0.300. The Hall–Kier alpha value is -2.09. The van der Waals surface area contributed by atoms with Gasteiger partial charge in [0.2, 0.25) is 0 Å². The van der Waals surface area contributed by atoms with Gasteiger partial charge in [-0.1, -0.05) is 29.8 Å². The van der Waals surface area contributed by atoms with Gasteiger partial charge < -0.3 is 9.84 Å². The smallest absolute Gasteiger partial charge is 0.439 e. The van der Waals surface area contributed by atoms with Crippen LogP contribution >= 0.6 is 0 Å². The number of halogens is 3. The summed E-state index contributed by atoms with van der Waals surface area (Å²) in [5, 5.41) is 13.8. The lowest BCUT2D eigenvalue weighted by Crippen LogP contribution is -2.57. The lowest BCUT2D eigenvalue weighted by Gasteiger charge is -2.33. The van der Waals surface area contributed by atoms with Gasteiger partial charge in [0.05, 0.1) is 12.1 Å². The summed E-state index contributed by atoms with van der Waals surface area (Å²) in [5.74, 6) is 0. The molecule has 0 saturated heterocycles. The monoisotopic (exact) mass is 344 g/mol. The predicted molar refractivity (Wildman–Crippen MR) is 81.4 cm³/mol. The van der Waals surface area contributed by atoms with Crippen molar-refractivity contribution in [3.8, 4) is 0 Å². The fraction of sp³-hybridized carbons (Fsp3) is 0.500. The molecular formula is C16H19F3N2O3. The van der Waals surface area contributed by atoms with Gasteiger partial charge >= 0.3 is 12.3 Å². The Kier molecular flexibility index (Phi) is 4.39. The van der Waals surface area contributed by atoms with Gasteiger partial charge in [-0.05, 0) is 33.3 Å². The summed E-state index contributed by atoms with van der Waals surface area (Å²) in [6.45, 7) is 6.37. The maximum atomic E-state index is 13.4. The number of hydrogen-bond donors (Lipinski definition) is 1. The largest absolute Gasteiger partial charge is 0.442 e. The molecule has 5 nitrogen and oxygen atoms in total. The molecule has 0 saturated carbocycles. The van der Waals surface area contributed by atoms with Crippen molar-refractivity contribution in [2.75, 3.05) is 0 Å². The van der Waals surface area contributed by atoms with Crippen molar-refractivity contribution < 1.29 is 27.8 Å². The molecule has 0 fully saturated rings. The third-order valence-corrected chi connectivity index (χ3v) is 3.39. The van der Waals surface area contributed by atoms with Gasteiger partial charge in [-0.3, -0.25) is 0 Å².